The van der Waals surface area contributed by atoms with Crippen LogP contribution in [0.1, 0.15) is 17.5 Å². The van der Waals surface area contributed by atoms with Gasteiger partial charge in [-0.25, -0.2) is 4.99 Å². The number of alkyl halides is 3. The van der Waals surface area contributed by atoms with Crippen LogP contribution >= 0.6 is 11.8 Å². The number of halogens is 3. The quantitative estimate of drug-likeness (QED) is 0.424. The van der Waals surface area contributed by atoms with E-state index >= 15 is 0 Å². The highest BCUT2D eigenvalue weighted by Gasteiger charge is 2.36. The number of hydrogen-bond donors (Lipinski definition) is 1. The molecule has 2 aliphatic rings. The summed E-state index contributed by atoms with van der Waals surface area (Å²) in [5.41, 5.74) is 0.346. The van der Waals surface area contributed by atoms with Gasteiger partial charge in [-0.15, -0.1) is 0 Å². The van der Waals surface area contributed by atoms with Crippen molar-refractivity contribution in [2.45, 2.75) is 24.4 Å². The fourth-order valence-electron chi connectivity index (χ4n) is 3.98. The summed E-state index contributed by atoms with van der Waals surface area (Å²) in [5.74, 6) is 0.888. The number of amides is 2. The van der Waals surface area contributed by atoms with Crippen LogP contribution < -0.4 is 19.5 Å². The number of hydrogen-bond acceptors (Lipinski definition) is 7. The fraction of sp³-hybridized carbons (Fsp3) is 0.222. The van der Waals surface area contributed by atoms with Crippen LogP contribution in [0, 0.1) is 0 Å². The van der Waals surface area contributed by atoms with E-state index in [2.05, 4.69) is 10.3 Å². The molecule has 5 rings (SSSR count). The van der Waals surface area contributed by atoms with Gasteiger partial charge in [-0.3, -0.25) is 14.5 Å². The Labute approximate surface area is 225 Å². The van der Waals surface area contributed by atoms with E-state index in [0.717, 1.165) is 23.9 Å². The van der Waals surface area contributed by atoms with Gasteiger partial charge in [-0.2, -0.15) is 13.2 Å². The Kier molecular flexibility index (Phi) is 7.38. The van der Waals surface area contributed by atoms with E-state index in [1.807, 2.05) is 0 Å². The summed E-state index contributed by atoms with van der Waals surface area (Å²) >= 11 is 1.01. The summed E-state index contributed by atoms with van der Waals surface area (Å²) in [5, 5.41) is 2.03. The second kappa shape index (κ2) is 10.9. The first-order valence-corrected chi connectivity index (χ1v) is 12.6. The van der Waals surface area contributed by atoms with Crippen molar-refractivity contribution in [3.05, 3.63) is 77.9 Å². The van der Waals surface area contributed by atoms with Gasteiger partial charge in [0.1, 0.15) is 11.0 Å². The van der Waals surface area contributed by atoms with Gasteiger partial charge in [0.15, 0.2) is 16.7 Å². The molecule has 0 spiro atoms. The maximum Gasteiger partial charge on any atom is 0.416 e. The minimum absolute atomic E-state index is 0.00650. The number of aliphatic imine (C=N–C) groups is 1. The van der Waals surface area contributed by atoms with Crippen LogP contribution in [-0.4, -0.2) is 41.0 Å². The Balaban J connectivity index is 1.43. The molecule has 0 saturated carbocycles. The molecule has 0 aromatic heterocycles. The van der Waals surface area contributed by atoms with Crippen LogP contribution in [0.2, 0.25) is 0 Å². The predicted octanol–water partition coefficient (Wildman–Crippen LogP) is 5.60. The van der Waals surface area contributed by atoms with Gasteiger partial charge in [-0.1, -0.05) is 23.9 Å². The summed E-state index contributed by atoms with van der Waals surface area (Å²) in [7, 11) is 1.53. The number of thioether (sulfide) groups is 1. The molecule has 1 N–H and O–H groups in total. The van der Waals surface area contributed by atoms with Gasteiger partial charge in [0.05, 0.1) is 24.9 Å². The molecule has 2 amide bonds. The third-order valence-corrected chi connectivity index (χ3v) is 7.15. The van der Waals surface area contributed by atoms with Crippen molar-refractivity contribution >= 4 is 40.1 Å². The zero-order valence-corrected chi connectivity index (χ0v) is 21.3. The molecule has 1 atom stereocenters. The second-order valence-corrected chi connectivity index (χ2v) is 9.81. The highest BCUT2D eigenvalue weighted by Crippen LogP contribution is 2.36. The van der Waals surface area contributed by atoms with Crippen molar-refractivity contribution in [2.24, 2.45) is 4.99 Å². The Morgan fingerprint density at radius 3 is 2.62 bits per heavy atom. The molecule has 3 aromatic carbocycles. The van der Waals surface area contributed by atoms with Gasteiger partial charge in [-0.05, 0) is 60.2 Å². The molecule has 1 saturated heterocycles. The lowest BCUT2D eigenvalue weighted by Crippen LogP contribution is -2.44. The molecular formula is C27H22F3N3O5S. The summed E-state index contributed by atoms with van der Waals surface area (Å²) < 4.78 is 55.8. The monoisotopic (exact) mass is 557 g/mol. The average molecular weight is 558 g/mol. The Morgan fingerprint density at radius 2 is 1.87 bits per heavy atom. The standard InChI is InChI=1S/C27H22F3N3O5S/c1-36-20-8-6-18(7-9-20)31-25(35)23-13-24(34)33(14-16-5-10-21-22(11-16)38-15-37-21)26(39-23)32-19-4-2-3-17(12-19)27(28,29)30/h2-12,23H,13-15H2,1H3,(H,31,35). The number of methoxy groups -OCH3 is 1. The Bertz CT molecular complexity index is 1430. The van der Waals surface area contributed by atoms with E-state index in [4.69, 9.17) is 14.2 Å². The van der Waals surface area contributed by atoms with Gasteiger partial charge >= 0.3 is 6.18 Å². The van der Waals surface area contributed by atoms with E-state index < -0.39 is 28.8 Å². The number of nitrogens with zero attached hydrogens (tertiary/aromatic N) is 2. The molecule has 2 aliphatic heterocycles. The van der Waals surface area contributed by atoms with Crippen LogP contribution in [0.5, 0.6) is 17.2 Å². The van der Waals surface area contributed by atoms with Crippen molar-refractivity contribution < 1.29 is 37.0 Å². The third-order valence-electron chi connectivity index (χ3n) is 5.97. The highest BCUT2D eigenvalue weighted by atomic mass is 32.2. The number of ether oxygens (including phenoxy) is 3. The number of nitrogens with one attached hydrogen (secondary N) is 1. The summed E-state index contributed by atoms with van der Waals surface area (Å²) in [6, 6.07) is 16.4. The lowest BCUT2D eigenvalue weighted by molar-refractivity contribution is -0.137. The molecule has 1 fully saturated rings. The number of rotatable bonds is 6. The summed E-state index contributed by atoms with van der Waals surface area (Å²) in [6.45, 7) is 0.164. The SMILES string of the molecule is COc1ccc(NC(=O)C2CC(=O)N(Cc3ccc4c(c3)OCO4)C(=Nc3cccc(C(F)(F)F)c3)S2)cc1. The second-order valence-electron chi connectivity index (χ2n) is 8.64. The fourth-order valence-corrected chi connectivity index (χ4v) is 5.08. The van der Waals surface area contributed by atoms with Gasteiger partial charge in [0.2, 0.25) is 18.6 Å². The molecule has 39 heavy (non-hydrogen) atoms. The van der Waals surface area contributed by atoms with Crippen LogP contribution in [-0.2, 0) is 22.3 Å². The molecule has 1 unspecified atom stereocenters. The zero-order chi connectivity index (χ0) is 27.6. The number of benzene rings is 3. The zero-order valence-electron chi connectivity index (χ0n) is 20.5. The smallest absolute Gasteiger partial charge is 0.416 e. The summed E-state index contributed by atoms with van der Waals surface area (Å²) in [6.07, 6.45) is -4.68. The van der Waals surface area contributed by atoms with Crippen LogP contribution in [0.4, 0.5) is 24.5 Å². The number of amidine groups is 1. The first-order chi connectivity index (χ1) is 18.7. The number of anilines is 1. The van der Waals surface area contributed by atoms with E-state index in [9.17, 15) is 22.8 Å². The lowest BCUT2D eigenvalue weighted by atomic mass is 10.1. The molecule has 3 aromatic rings. The van der Waals surface area contributed by atoms with E-state index in [1.54, 1.807) is 42.5 Å². The van der Waals surface area contributed by atoms with Crippen molar-refractivity contribution in [2.75, 3.05) is 19.2 Å². The number of carbonyl (C=O) groups is 2. The lowest BCUT2D eigenvalue weighted by Gasteiger charge is -2.32. The first-order valence-electron chi connectivity index (χ1n) is 11.8. The molecule has 12 heteroatoms. The van der Waals surface area contributed by atoms with Gasteiger partial charge in [0, 0.05) is 12.1 Å². The van der Waals surface area contributed by atoms with Crippen LogP contribution in [0.15, 0.2) is 71.7 Å². The molecule has 202 valence electrons. The van der Waals surface area contributed by atoms with E-state index in [-0.39, 0.29) is 30.6 Å². The Morgan fingerprint density at radius 1 is 1.10 bits per heavy atom. The van der Waals surface area contributed by atoms with Crippen molar-refractivity contribution in [1.29, 1.82) is 0 Å². The molecule has 0 aliphatic carbocycles. The maximum absolute atomic E-state index is 13.3. The minimum atomic E-state index is -4.56. The summed E-state index contributed by atoms with van der Waals surface area (Å²) in [4.78, 5) is 32.1. The van der Waals surface area contributed by atoms with Crippen LogP contribution in [0.25, 0.3) is 0 Å². The van der Waals surface area contributed by atoms with E-state index in [0.29, 0.717) is 28.5 Å². The van der Waals surface area contributed by atoms with Crippen LogP contribution in [0.3, 0.4) is 0 Å². The van der Waals surface area contributed by atoms with E-state index in [1.165, 1.54) is 24.1 Å². The van der Waals surface area contributed by atoms with Crippen molar-refractivity contribution in [3.63, 3.8) is 0 Å². The number of fused-ring (bicyclic) bond motifs is 1. The molecule has 8 nitrogen and oxygen atoms in total. The first kappa shape index (κ1) is 26.4. The van der Waals surface area contributed by atoms with Crippen molar-refractivity contribution in [3.8, 4) is 17.2 Å². The molecule has 2 heterocycles. The predicted molar refractivity (Wildman–Crippen MR) is 139 cm³/mol. The maximum atomic E-state index is 13.3. The minimum Gasteiger partial charge on any atom is -0.497 e. The van der Waals surface area contributed by atoms with Gasteiger partial charge in [0.25, 0.3) is 0 Å². The normalized spacial score (nSPS) is 17.8. The molecule has 0 radical (unpaired) electrons. The largest absolute Gasteiger partial charge is 0.497 e. The van der Waals surface area contributed by atoms with Crippen molar-refractivity contribution in [1.82, 2.24) is 4.90 Å². The topological polar surface area (TPSA) is 89.5 Å². The molecular weight excluding hydrogens is 535 g/mol. The third kappa shape index (κ3) is 6.11. The highest BCUT2D eigenvalue weighted by molar-refractivity contribution is 8.15. The Hall–Kier alpha value is -4.19. The molecule has 0 bridgehead atoms. The number of carbonyl (C=O) groups excluding carboxylic acids is 2. The van der Waals surface area contributed by atoms with Gasteiger partial charge < -0.3 is 19.5 Å². The average Bonchev–Trinajstić information content (AvgIpc) is 3.38.